The summed E-state index contributed by atoms with van der Waals surface area (Å²) in [5.74, 6) is -0.650. The maximum atomic E-state index is 11.6. The number of phenolic OH excluding ortho intramolecular Hbond substituents is 1. The first-order valence-electron chi connectivity index (χ1n) is 6.77. The number of thioether (sulfide) groups is 1. The van der Waals surface area contributed by atoms with Crippen molar-refractivity contribution in [2.45, 2.75) is 0 Å². The number of nitro groups is 1. The fourth-order valence-corrected chi connectivity index (χ4v) is 2.93. The molecule has 3 rings (SSSR count). The average Bonchev–Trinajstić information content (AvgIpc) is 2.87. The SMILES string of the molecule is O=C1NC(=O)/C(=C\c2cccc(-c3cccc([N+](=O)[O-])c3)c2O)S1. The molecule has 1 fully saturated rings. The normalized spacial score (nSPS) is 15.6. The number of hydrogen-bond acceptors (Lipinski definition) is 6. The minimum atomic E-state index is -0.523. The molecule has 24 heavy (non-hydrogen) atoms. The van der Waals surface area contributed by atoms with Crippen LogP contribution in [0.5, 0.6) is 5.75 Å². The second kappa shape index (κ2) is 6.17. The Hall–Kier alpha value is -3.13. The van der Waals surface area contributed by atoms with Gasteiger partial charge in [0.2, 0.25) is 0 Å². The third-order valence-electron chi connectivity index (χ3n) is 3.36. The van der Waals surface area contributed by atoms with Gasteiger partial charge in [0, 0.05) is 23.3 Å². The van der Waals surface area contributed by atoms with Crippen molar-refractivity contribution >= 4 is 34.7 Å². The quantitative estimate of drug-likeness (QED) is 0.503. The van der Waals surface area contributed by atoms with E-state index in [1.807, 2.05) is 0 Å². The number of aromatic hydroxyl groups is 1. The molecule has 0 aromatic heterocycles. The lowest BCUT2D eigenvalue weighted by Crippen LogP contribution is -2.17. The molecule has 2 N–H and O–H groups in total. The van der Waals surface area contributed by atoms with Gasteiger partial charge in [0.05, 0.1) is 9.83 Å². The minimum Gasteiger partial charge on any atom is -0.507 e. The maximum absolute atomic E-state index is 11.6. The van der Waals surface area contributed by atoms with Crippen molar-refractivity contribution in [1.29, 1.82) is 0 Å². The summed E-state index contributed by atoms with van der Waals surface area (Å²) in [7, 11) is 0. The maximum Gasteiger partial charge on any atom is 0.290 e. The number of rotatable bonds is 3. The number of carbonyl (C=O) groups is 2. The predicted octanol–water partition coefficient (Wildman–Crippen LogP) is 3.29. The molecule has 1 aliphatic heterocycles. The predicted molar refractivity (Wildman–Crippen MR) is 89.3 cm³/mol. The molecule has 7 nitrogen and oxygen atoms in total. The summed E-state index contributed by atoms with van der Waals surface area (Å²) in [5, 5.41) is 23.0. The summed E-state index contributed by atoms with van der Waals surface area (Å²) in [6.07, 6.45) is 1.40. The number of benzene rings is 2. The summed E-state index contributed by atoms with van der Waals surface area (Å²) in [5.41, 5.74) is 1.11. The number of para-hydroxylation sites is 1. The number of nitrogens with zero attached hydrogens (tertiary/aromatic N) is 1. The fraction of sp³-hybridized carbons (Fsp3) is 0. The summed E-state index contributed by atoms with van der Waals surface area (Å²) < 4.78 is 0. The zero-order valence-electron chi connectivity index (χ0n) is 12.1. The smallest absolute Gasteiger partial charge is 0.290 e. The lowest BCUT2D eigenvalue weighted by molar-refractivity contribution is -0.384. The third kappa shape index (κ3) is 2.99. The Morgan fingerprint density at radius 2 is 1.92 bits per heavy atom. The molecule has 1 aliphatic rings. The van der Waals surface area contributed by atoms with Crippen molar-refractivity contribution in [3.05, 3.63) is 63.0 Å². The molecule has 1 heterocycles. The number of nitrogens with one attached hydrogen (secondary N) is 1. The van der Waals surface area contributed by atoms with Gasteiger partial charge in [0.1, 0.15) is 5.75 Å². The van der Waals surface area contributed by atoms with Crippen molar-refractivity contribution < 1.29 is 19.6 Å². The van der Waals surface area contributed by atoms with Gasteiger partial charge in [-0.05, 0) is 23.4 Å². The molecule has 0 spiro atoms. The van der Waals surface area contributed by atoms with Crippen molar-refractivity contribution in [1.82, 2.24) is 5.32 Å². The van der Waals surface area contributed by atoms with Gasteiger partial charge in [-0.2, -0.15) is 0 Å². The van der Waals surface area contributed by atoms with E-state index >= 15 is 0 Å². The summed E-state index contributed by atoms with van der Waals surface area (Å²) in [4.78, 5) is 33.3. The number of nitro benzene ring substituents is 1. The molecule has 0 atom stereocenters. The number of imide groups is 1. The van der Waals surface area contributed by atoms with E-state index in [1.165, 1.54) is 24.3 Å². The summed E-state index contributed by atoms with van der Waals surface area (Å²) in [6, 6.07) is 10.7. The Kier molecular flexibility index (Phi) is 4.05. The van der Waals surface area contributed by atoms with Crippen LogP contribution in [0.15, 0.2) is 47.4 Å². The van der Waals surface area contributed by atoms with Gasteiger partial charge in [0.15, 0.2) is 0 Å². The molecule has 2 aromatic carbocycles. The first-order chi connectivity index (χ1) is 11.5. The second-order valence-electron chi connectivity index (χ2n) is 4.90. The first-order valence-corrected chi connectivity index (χ1v) is 7.59. The van der Waals surface area contributed by atoms with Gasteiger partial charge in [-0.25, -0.2) is 0 Å². The number of phenols is 1. The topological polar surface area (TPSA) is 110 Å². The highest BCUT2D eigenvalue weighted by molar-refractivity contribution is 8.18. The average molecular weight is 342 g/mol. The van der Waals surface area contributed by atoms with Crippen LogP contribution >= 0.6 is 11.8 Å². The van der Waals surface area contributed by atoms with Gasteiger partial charge < -0.3 is 5.11 Å². The van der Waals surface area contributed by atoms with Crippen LogP contribution in [0, 0.1) is 10.1 Å². The molecule has 0 aliphatic carbocycles. The van der Waals surface area contributed by atoms with Crippen molar-refractivity contribution in [3.63, 3.8) is 0 Å². The highest BCUT2D eigenvalue weighted by atomic mass is 32.2. The summed E-state index contributed by atoms with van der Waals surface area (Å²) in [6.45, 7) is 0. The lowest BCUT2D eigenvalue weighted by Gasteiger charge is -2.08. The molecular weight excluding hydrogens is 332 g/mol. The molecule has 0 radical (unpaired) electrons. The number of non-ortho nitro benzene ring substituents is 1. The van der Waals surface area contributed by atoms with Crippen LogP contribution in [0.25, 0.3) is 17.2 Å². The van der Waals surface area contributed by atoms with Crippen LogP contribution < -0.4 is 5.32 Å². The van der Waals surface area contributed by atoms with Gasteiger partial charge >= 0.3 is 0 Å². The molecule has 2 aromatic rings. The molecule has 2 amide bonds. The molecular formula is C16H10N2O5S. The van der Waals surface area contributed by atoms with Crippen LogP contribution in [0.2, 0.25) is 0 Å². The van der Waals surface area contributed by atoms with Gasteiger partial charge in [-0.3, -0.25) is 25.0 Å². The van der Waals surface area contributed by atoms with E-state index in [0.29, 0.717) is 16.7 Å². The Morgan fingerprint density at radius 1 is 1.17 bits per heavy atom. The number of hydrogen-bond donors (Lipinski definition) is 2. The van der Waals surface area contributed by atoms with Crippen molar-refractivity contribution in [2.75, 3.05) is 0 Å². The van der Waals surface area contributed by atoms with Crippen molar-refractivity contribution in [3.8, 4) is 16.9 Å². The zero-order chi connectivity index (χ0) is 17.3. The highest BCUT2D eigenvalue weighted by Crippen LogP contribution is 2.36. The van der Waals surface area contributed by atoms with E-state index in [-0.39, 0.29) is 16.3 Å². The van der Waals surface area contributed by atoms with Gasteiger partial charge in [-0.15, -0.1) is 0 Å². The fourth-order valence-electron chi connectivity index (χ4n) is 2.26. The standard InChI is InChI=1S/C16H10N2O5S/c19-14-10(8-13-15(20)17-16(21)24-13)4-2-6-12(14)9-3-1-5-11(7-9)18(22)23/h1-8,19H,(H,17,20,21)/b13-8+. The van der Waals surface area contributed by atoms with E-state index in [1.54, 1.807) is 24.3 Å². The minimum absolute atomic E-state index is 0.0908. The molecule has 1 saturated heterocycles. The molecule has 120 valence electrons. The van der Waals surface area contributed by atoms with E-state index in [4.69, 9.17) is 0 Å². The van der Waals surface area contributed by atoms with Gasteiger partial charge in [0.25, 0.3) is 16.8 Å². The molecule has 8 heteroatoms. The van der Waals surface area contributed by atoms with Crippen LogP contribution in [0.4, 0.5) is 10.5 Å². The Balaban J connectivity index is 2.05. The van der Waals surface area contributed by atoms with Crippen LogP contribution in [0.1, 0.15) is 5.56 Å². The highest BCUT2D eigenvalue weighted by Gasteiger charge is 2.25. The first kappa shape index (κ1) is 15.8. The number of amides is 2. The van der Waals surface area contributed by atoms with Crippen LogP contribution in [-0.2, 0) is 4.79 Å². The largest absolute Gasteiger partial charge is 0.507 e. The molecule has 0 saturated carbocycles. The van der Waals surface area contributed by atoms with Crippen LogP contribution in [0.3, 0.4) is 0 Å². The molecule has 0 bridgehead atoms. The third-order valence-corrected chi connectivity index (χ3v) is 4.17. The Labute approximate surface area is 140 Å². The van der Waals surface area contributed by atoms with E-state index in [9.17, 15) is 24.8 Å². The lowest BCUT2D eigenvalue weighted by atomic mass is 10.0. The van der Waals surface area contributed by atoms with Gasteiger partial charge in [-0.1, -0.05) is 30.3 Å². The zero-order valence-corrected chi connectivity index (χ0v) is 12.9. The Morgan fingerprint density at radius 3 is 2.58 bits per heavy atom. The van der Waals surface area contributed by atoms with E-state index in [2.05, 4.69) is 5.32 Å². The Bertz CT molecular complexity index is 907. The molecule has 0 unspecified atom stereocenters. The second-order valence-corrected chi connectivity index (χ2v) is 5.92. The monoisotopic (exact) mass is 342 g/mol. The van der Waals surface area contributed by atoms with Crippen LogP contribution in [-0.4, -0.2) is 21.2 Å². The summed E-state index contributed by atoms with van der Waals surface area (Å²) >= 11 is 0.746. The van der Waals surface area contributed by atoms with E-state index < -0.39 is 16.1 Å². The van der Waals surface area contributed by atoms with E-state index in [0.717, 1.165) is 11.8 Å². The van der Waals surface area contributed by atoms with Crippen molar-refractivity contribution in [2.24, 2.45) is 0 Å². The number of carbonyl (C=O) groups excluding carboxylic acids is 2.